The van der Waals surface area contributed by atoms with Crippen molar-refractivity contribution in [1.29, 1.82) is 0 Å². The van der Waals surface area contributed by atoms with Crippen molar-refractivity contribution in [2.24, 2.45) is 11.8 Å². The van der Waals surface area contributed by atoms with Crippen LogP contribution in [0.1, 0.15) is 78.8 Å². The van der Waals surface area contributed by atoms with E-state index in [2.05, 4.69) is 28.5 Å². The van der Waals surface area contributed by atoms with Gasteiger partial charge in [-0.05, 0) is 87.0 Å². The van der Waals surface area contributed by atoms with Gasteiger partial charge in [-0.25, -0.2) is 0 Å². The second kappa shape index (κ2) is 6.10. The molecule has 4 atom stereocenters. The van der Waals surface area contributed by atoms with Gasteiger partial charge in [0.05, 0.1) is 5.69 Å². The maximum Gasteiger partial charge on any atom is 0.269 e. The lowest BCUT2D eigenvalue weighted by molar-refractivity contribution is 0.0930. The summed E-state index contributed by atoms with van der Waals surface area (Å²) < 4.78 is 0. The van der Waals surface area contributed by atoms with Gasteiger partial charge in [0.25, 0.3) is 5.91 Å². The molecule has 0 saturated heterocycles. The van der Waals surface area contributed by atoms with Crippen LogP contribution in [0.15, 0.2) is 18.2 Å². The topological polar surface area (TPSA) is 78.0 Å². The van der Waals surface area contributed by atoms with Crippen molar-refractivity contribution in [3.63, 3.8) is 0 Å². The second-order valence-electron chi connectivity index (χ2n) is 9.51. The summed E-state index contributed by atoms with van der Waals surface area (Å²) in [6.45, 7) is 6.33. The first-order valence-corrected chi connectivity index (χ1v) is 10.6. The number of H-pyrrole nitrogens is 1. The van der Waals surface area contributed by atoms with Crippen LogP contribution in [-0.4, -0.2) is 27.3 Å². The molecule has 1 saturated carbocycles. The Bertz CT molecular complexity index is 947. The summed E-state index contributed by atoms with van der Waals surface area (Å²) in [4.78, 5) is 12.7. The summed E-state index contributed by atoms with van der Waals surface area (Å²) in [7, 11) is 0. The fourth-order valence-electron chi connectivity index (χ4n) is 6.34. The van der Waals surface area contributed by atoms with Crippen LogP contribution in [0.3, 0.4) is 0 Å². The van der Waals surface area contributed by atoms with E-state index in [0.29, 0.717) is 29.2 Å². The van der Waals surface area contributed by atoms with Crippen LogP contribution in [0.4, 0.5) is 0 Å². The van der Waals surface area contributed by atoms with Crippen LogP contribution in [-0.2, 0) is 18.3 Å². The van der Waals surface area contributed by atoms with E-state index >= 15 is 0 Å². The van der Waals surface area contributed by atoms with Crippen LogP contribution in [0.5, 0.6) is 5.75 Å². The molecule has 1 heterocycles. The number of fused-ring (bicyclic) bond motifs is 7. The predicted molar refractivity (Wildman–Crippen MR) is 108 cm³/mol. The first-order valence-electron chi connectivity index (χ1n) is 10.6. The zero-order valence-electron chi connectivity index (χ0n) is 16.9. The molecule has 0 radical (unpaired) electrons. The number of aromatic amines is 1. The standard InChI is InChI=1S/C23H29N3O2/c1-12(2)24-22(28)20-18-11-19-17-6-4-13-10-14(27)5-7-15(13)16(17)8-9-23(19,3)21(18)26-25-20/h5,7,10,12,16-17,19,27H,4,6,8-9,11H2,1-3H3,(H,24,28)(H,25,26)/t16?,17?,19?,23-/m0/s1. The number of nitrogens with one attached hydrogen (secondary N) is 2. The number of carbonyl (C=O) groups is 1. The molecule has 1 fully saturated rings. The van der Waals surface area contributed by atoms with Gasteiger partial charge in [-0.15, -0.1) is 0 Å². The SMILES string of the molecule is CC(C)NC(=O)c1[nH]nc2c1CC1C3CCc4cc(O)ccc4C3CC[C@]21C. The molecule has 0 spiro atoms. The summed E-state index contributed by atoms with van der Waals surface area (Å²) in [6, 6.07) is 6.04. The molecular formula is C23H29N3O2. The van der Waals surface area contributed by atoms with Crippen LogP contribution >= 0.6 is 0 Å². The Balaban J connectivity index is 1.49. The first-order chi connectivity index (χ1) is 13.4. The van der Waals surface area contributed by atoms with E-state index in [1.165, 1.54) is 11.1 Å². The minimum Gasteiger partial charge on any atom is -0.508 e. The zero-order chi connectivity index (χ0) is 19.6. The van der Waals surface area contributed by atoms with E-state index < -0.39 is 0 Å². The van der Waals surface area contributed by atoms with Crippen LogP contribution in [0, 0.1) is 11.8 Å². The lowest BCUT2D eigenvalue weighted by Crippen LogP contribution is -2.43. The number of aromatic nitrogens is 2. The molecule has 2 aromatic rings. The number of benzene rings is 1. The van der Waals surface area contributed by atoms with Crippen molar-refractivity contribution >= 4 is 5.91 Å². The number of rotatable bonds is 2. The van der Waals surface area contributed by atoms with Gasteiger partial charge in [0.15, 0.2) is 0 Å². The third-order valence-electron chi connectivity index (χ3n) is 7.58. The summed E-state index contributed by atoms with van der Waals surface area (Å²) in [6.07, 6.45) is 5.38. The summed E-state index contributed by atoms with van der Waals surface area (Å²) in [5, 5.41) is 20.6. The molecule has 1 amide bonds. The smallest absolute Gasteiger partial charge is 0.269 e. The molecule has 1 aromatic carbocycles. The zero-order valence-corrected chi connectivity index (χ0v) is 16.9. The number of aryl methyl sites for hydroxylation is 1. The van der Waals surface area contributed by atoms with Gasteiger partial charge in [-0.2, -0.15) is 5.10 Å². The molecule has 148 valence electrons. The van der Waals surface area contributed by atoms with Crippen molar-refractivity contribution in [2.75, 3.05) is 0 Å². The van der Waals surface area contributed by atoms with E-state index in [0.717, 1.165) is 43.4 Å². The van der Waals surface area contributed by atoms with E-state index in [9.17, 15) is 9.90 Å². The molecule has 28 heavy (non-hydrogen) atoms. The van der Waals surface area contributed by atoms with Crippen LogP contribution in [0.25, 0.3) is 0 Å². The third-order valence-corrected chi connectivity index (χ3v) is 7.58. The molecule has 5 heteroatoms. The Kier molecular flexibility index (Phi) is 3.87. The summed E-state index contributed by atoms with van der Waals surface area (Å²) >= 11 is 0. The number of aromatic hydroxyl groups is 1. The highest BCUT2D eigenvalue weighted by atomic mass is 16.3. The molecule has 3 aliphatic rings. The highest BCUT2D eigenvalue weighted by Gasteiger charge is 2.55. The number of amides is 1. The third kappa shape index (κ3) is 2.44. The van der Waals surface area contributed by atoms with Gasteiger partial charge in [0, 0.05) is 17.0 Å². The van der Waals surface area contributed by atoms with E-state index in [1.807, 2.05) is 26.0 Å². The lowest BCUT2D eigenvalue weighted by Gasteiger charge is -2.49. The van der Waals surface area contributed by atoms with Crippen molar-refractivity contribution < 1.29 is 9.90 Å². The number of hydrogen-bond acceptors (Lipinski definition) is 3. The van der Waals surface area contributed by atoms with E-state index in [-0.39, 0.29) is 17.4 Å². The van der Waals surface area contributed by atoms with Gasteiger partial charge in [0.1, 0.15) is 11.4 Å². The Morgan fingerprint density at radius 2 is 2.18 bits per heavy atom. The molecule has 0 bridgehead atoms. The fourth-order valence-corrected chi connectivity index (χ4v) is 6.34. The van der Waals surface area contributed by atoms with Crippen molar-refractivity contribution in [3.8, 4) is 5.75 Å². The Hall–Kier alpha value is -2.30. The Morgan fingerprint density at radius 1 is 1.36 bits per heavy atom. The molecule has 3 aliphatic carbocycles. The molecule has 5 rings (SSSR count). The average Bonchev–Trinajstić information content (AvgIpc) is 3.18. The second-order valence-corrected chi connectivity index (χ2v) is 9.51. The number of carbonyl (C=O) groups excluding carboxylic acids is 1. The molecule has 3 unspecified atom stereocenters. The maximum absolute atomic E-state index is 12.7. The van der Waals surface area contributed by atoms with Crippen molar-refractivity contribution in [3.05, 3.63) is 46.3 Å². The van der Waals surface area contributed by atoms with Gasteiger partial charge >= 0.3 is 0 Å². The normalized spacial score (nSPS) is 30.4. The first kappa shape index (κ1) is 17.8. The van der Waals surface area contributed by atoms with E-state index in [4.69, 9.17) is 0 Å². The van der Waals surface area contributed by atoms with Gasteiger partial charge in [-0.1, -0.05) is 13.0 Å². The molecule has 1 aromatic heterocycles. The number of phenolic OH excluding ortho intramolecular Hbond substituents is 1. The number of phenols is 1. The highest BCUT2D eigenvalue weighted by Crippen LogP contribution is 2.60. The molecular weight excluding hydrogens is 350 g/mol. The van der Waals surface area contributed by atoms with Crippen LogP contribution < -0.4 is 5.32 Å². The molecule has 5 nitrogen and oxygen atoms in total. The predicted octanol–water partition coefficient (Wildman–Crippen LogP) is 3.82. The van der Waals surface area contributed by atoms with Crippen LogP contribution in [0.2, 0.25) is 0 Å². The Morgan fingerprint density at radius 3 is 2.96 bits per heavy atom. The van der Waals surface area contributed by atoms with Gasteiger partial charge in [0.2, 0.25) is 0 Å². The largest absolute Gasteiger partial charge is 0.508 e. The quantitative estimate of drug-likeness (QED) is 0.742. The summed E-state index contributed by atoms with van der Waals surface area (Å²) in [5.41, 5.74) is 5.73. The van der Waals surface area contributed by atoms with Crippen molar-refractivity contribution in [1.82, 2.24) is 15.5 Å². The fraction of sp³-hybridized carbons (Fsp3) is 0.565. The molecule has 0 aliphatic heterocycles. The minimum atomic E-state index is -0.0352. The number of hydrogen-bond donors (Lipinski definition) is 3. The van der Waals surface area contributed by atoms with Gasteiger partial charge < -0.3 is 10.4 Å². The number of nitrogens with zero attached hydrogens (tertiary/aromatic N) is 1. The van der Waals surface area contributed by atoms with Gasteiger partial charge in [-0.3, -0.25) is 9.89 Å². The molecule has 3 N–H and O–H groups in total. The lowest BCUT2D eigenvalue weighted by atomic mass is 9.55. The Labute approximate surface area is 165 Å². The summed E-state index contributed by atoms with van der Waals surface area (Å²) in [5.74, 6) is 2.05. The van der Waals surface area contributed by atoms with E-state index in [1.54, 1.807) is 0 Å². The average molecular weight is 380 g/mol. The maximum atomic E-state index is 12.7. The monoisotopic (exact) mass is 379 g/mol. The highest BCUT2D eigenvalue weighted by molar-refractivity contribution is 5.94. The van der Waals surface area contributed by atoms with Crippen molar-refractivity contribution in [2.45, 2.75) is 70.3 Å². The minimum absolute atomic E-state index is 0.0352.